The first kappa shape index (κ1) is 7.25. The molecule has 0 aromatic rings. The van der Waals surface area contributed by atoms with E-state index in [9.17, 15) is 0 Å². The van der Waals surface area contributed by atoms with Crippen LogP contribution in [-0.2, 0) is 0 Å². The topological polar surface area (TPSA) is 0 Å². The molecule has 0 aliphatic carbocycles. The van der Waals surface area contributed by atoms with Gasteiger partial charge in [-0.2, -0.15) is 0 Å². The molecule has 0 bridgehead atoms. The van der Waals surface area contributed by atoms with E-state index in [0.717, 1.165) is 13.1 Å². The molecular weight excluding hydrogens is 110 g/mol. The molecule has 0 fully saturated rings. The van der Waals surface area contributed by atoms with Crippen molar-refractivity contribution in [3.63, 3.8) is 0 Å². The molecule has 0 aromatic carbocycles. The van der Waals surface area contributed by atoms with Crippen LogP contribution in [0.1, 0.15) is 13.8 Å². The Morgan fingerprint density at radius 2 is 1.57 bits per heavy atom. The van der Waals surface area contributed by atoms with Crippen molar-refractivity contribution in [3.8, 4) is 0 Å². The summed E-state index contributed by atoms with van der Waals surface area (Å²) in [7, 11) is 2.00. The van der Waals surface area contributed by atoms with E-state index in [1.54, 1.807) is 0 Å². The highest BCUT2D eigenvalue weighted by Gasteiger charge is 2.10. The normalized spacial score (nSPS) is 12.0. The molecule has 0 radical (unpaired) electrons. The van der Waals surface area contributed by atoms with E-state index in [1.165, 1.54) is 0 Å². The number of rotatable bonds is 2. The van der Waals surface area contributed by atoms with Gasteiger partial charge in [0.2, 0.25) is 0 Å². The second-order valence-corrected chi connectivity index (χ2v) is 2.71. The van der Waals surface area contributed by atoms with Crippen LogP contribution in [0, 0.1) is 0 Å². The van der Waals surface area contributed by atoms with Crippen molar-refractivity contribution >= 4 is 11.8 Å². The molecule has 44 valence electrons. The number of nitrogens with zero attached hydrogens (tertiary/aromatic N) is 1. The minimum atomic E-state index is 0.611. The average molecular weight is 123 g/mol. The largest absolute Gasteiger partial charge is 0.225 e. The first-order valence-corrected chi connectivity index (χ1v) is 3.00. The molecule has 0 heterocycles. The third-order valence-corrected chi connectivity index (χ3v) is 1.80. The van der Waals surface area contributed by atoms with Gasteiger partial charge in [0, 0.05) is 0 Å². The highest BCUT2D eigenvalue weighted by Crippen LogP contribution is 2.03. The summed E-state index contributed by atoms with van der Waals surface area (Å²) in [5.74, 6) is 0. The Balaban J connectivity index is 3.36. The van der Waals surface area contributed by atoms with Crippen molar-refractivity contribution in [1.82, 2.24) is 0 Å². The Bertz CT molecular complexity index is 46.0. The Morgan fingerprint density at radius 1 is 1.29 bits per heavy atom. The number of quaternary nitrogens is 1. The van der Waals surface area contributed by atoms with Gasteiger partial charge in [0.05, 0.1) is 20.1 Å². The van der Waals surface area contributed by atoms with Gasteiger partial charge in [0.1, 0.15) is 0 Å². The van der Waals surface area contributed by atoms with E-state index in [1.807, 2.05) is 7.05 Å². The molecule has 2 heteroatoms. The van der Waals surface area contributed by atoms with E-state index in [-0.39, 0.29) is 0 Å². The van der Waals surface area contributed by atoms with Crippen molar-refractivity contribution < 1.29 is 4.00 Å². The Hall–Kier alpha value is 0.250. The number of halogens is 1. The summed E-state index contributed by atoms with van der Waals surface area (Å²) >= 11 is 5.84. The highest BCUT2D eigenvalue weighted by molar-refractivity contribution is 6.06. The minimum absolute atomic E-state index is 0.611. The molecule has 0 amide bonds. The maximum Gasteiger partial charge on any atom is 0.165 e. The lowest BCUT2D eigenvalue weighted by atomic mass is 10.6. The van der Waals surface area contributed by atoms with Crippen molar-refractivity contribution in [2.45, 2.75) is 13.8 Å². The van der Waals surface area contributed by atoms with Crippen LogP contribution in [-0.4, -0.2) is 24.1 Å². The van der Waals surface area contributed by atoms with Crippen LogP contribution in [0.25, 0.3) is 0 Å². The zero-order valence-electron chi connectivity index (χ0n) is 5.24. The Kier molecular flexibility index (Phi) is 2.62. The van der Waals surface area contributed by atoms with Crippen molar-refractivity contribution in [3.05, 3.63) is 0 Å². The minimum Gasteiger partial charge on any atom is -0.225 e. The first-order valence-electron chi connectivity index (χ1n) is 2.66. The van der Waals surface area contributed by atoms with Gasteiger partial charge in [0.25, 0.3) is 0 Å². The third kappa shape index (κ3) is 2.89. The quantitative estimate of drug-likeness (QED) is 0.489. The van der Waals surface area contributed by atoms with Crippen LogP contribution in [0.5, 0.6) is 0 Å². The molecular formula is C5H13ClN+. The molecule has 0 rings (SSSR count). The molecule has 0 aromatic heterocycles. The van der Waals surface area contributed by atoms with Crippen LogP contribution in [0.4, 0.5) is 0 Å². The van der Waals surface area contributed by atoms with E-state index >= 15 is 0 Å². The van der Waals surface area contributed by atoms with Gasteiger partial charge >= 0.3 is 0 Å². The summed E-state index contributed by atoms with van der Waals surface area (Å²) in [6.07, 6.45) is 0. The van der Waals surface area contributed by atoms with E-state index in [0.29, 0.717) is 4.00 Å². The fourth-order valence-electron chi connectivity index (χ4n) is 0.224. The zero-order chi connectivity index (χ0) is 5.91. The summed E-state index contributed by atoms with van der Waals surface area (Å²) in [6, 6.07) is 0. The van der Waals surface area contributed by atoms with Crippen molar-refractivity contribution in [1.29, 1.82) is 0 Å². The second-order valence-electron chi connectivity index (χ2n) is 1.90. The molecule has 7 heavy (non-hydrogen) atoms. The lowest BCUT2D eigenvalue weighted by Gasteiger charge is -2.19. The van der Waals surface area contributed by atoms with Crippen LogP contribution < -0.4 is 0 Å². The van der Waals surface area contributed by atoms with Gasteiger partial charge in [-0.05, 0) is 13.8 Å². The third-order valence-electron chi connectivity index (χ3n) is 1.32. The average Bonchev–Trinajstić information content (AvgIpc) is 1.68. The number of hydrogen-bond donors (Lipinski definition) is 0. The molecule has 0 N–H and O–H groups in total. The fourth-order valence-corrected chi connectivity index (χ4v) is 0.224. The number of hydrogen-bond acceptors (Lipinski definition) is 0. The maximum absolute atomic E-state index is 5.84. The molecule has 0 saturated carbocycles. The van der Waals surface area contributed by atoms with Gasteiger partial charge in [-0.25, -0.2) is 4.00 Å². The van der Waals surface area contributed by atoms with Gasteiger partial charge in [0.15, 0.2) is 11.8 Å². The fraction of sp³-hybridized carbons (Fsp3) is 1.00. The summed E-state index contributed by atoms with van der Waals surface area (Å²) in [5.41, 5.74) is 0. The van der Waals surface area contributed by atoms with E-state index in [2.05, 4.69) is 13.8 Å². The van der Waals surface area contributed by atoms with E-state index in [4.69, 9.17) is 11.8 Å². The van der Waals surface area contributed by atoms with Crippen LogP contribution in [0.2, 0.25) is 0 Å². The second kappa shape index (κ2) is 2.53. The first-order chi connectivity index (χ1) is 3.12. The highest BCUT2D eigenvalue weighted by atomic mass is 35.5. The van der Waals surface area contributed by atoms with Gasteiger partial charge in [-0.3, -0.25) is 0 Å². The molecule has 0 atom stereocenters. The maximum atomic E-state index is 5.84. The molecule has 0 aliphatic heterocycles. The summed E-state index contributed by atoms with van der Waals surface area (Å²) in [6.45, 7) is 6.16. The lowest BCUT2D eigenvalue weighted by molar-refractivity contribution is -0.789. The van der Waals surface area contributed by atoms with Crippen LogP contribution in [0.3, 0.4) is 0 Å². The van der Waals surface area contributed by atoms with Crippen molar-refractivity contribution in [2.24, 2.45) is 0 Å². The lowest BCUT2D eigenvalue weighted by Crippen LogP contribution is -2.32. The predicted molar refractivity (Wildman–Crippen MR) is 33.1 cm³/mol. The van der Waals surface area contributed by atoms with Crippen LogP contribution >= 0.6 is 11.8 Å². The van der Waals surface area contributed by atoms with Gasteiger partial charge < -0.3 is 0 Å². The smallest absolute Gasteiger partial charge is 0.165 e. The molecule has 0 spiro atoms. The van der Waals surface area contributed by atoms with Crippen LogP contribution in [0.15, 0.2) is 0 Å². The SMILES string of the molecule is CC[N+](C)(Cl)CC. The van der Waals surface area contributed by atoms with Gasteiger partial charge in [-0.15, -0.1) is 0 Å². The van der Waals surface area contributed by atoms with Crippen molar-refractivity contribution in [2.75, 3.05) is 20.1 Å². The molecule has 1 nitrogen and oxygen atoms in total. The summed E-state index contributed by atoms with van der Waals surface area (Å²) in [5, 5.41) is 0. The zero-order valence-corrected chi connectivity index (χ0v) is 6.00. The molecule has 0 saturated heterocycles. The monoisotopic (exact) mass is 122 g/mol. The Labute approximate surface area is 50.6 Å². The molecule has 0 unspecified atom stereocenters. The predicted octanol–water partition coefficient (Wildman–Crippen LogP) is 1.63. The summed E-state index contributed by atoms with van der Waals surface area (Å²) < 4.78 is 0.611. The summed E-state index contributed by atoms with van der Waals surface area (Å²) in [4.78, 5) is 0. The van der Waals surface area contributed by atoms with E-state index < -0.39 is 0 Å². The Morgan fingerprint density at radius 3 is 1.57 bits per heavy atom. The molecule has 0 aliphatic rings. The standard InChI is InChI=1S/C5H13ClN/c1-4-7(3,6)5-2/h4-5H2,1-3H3/q+1. The van der Waals surface area contributed by atoms with Gasteiger partial charge in [-0.1, -0.05) is 0 Å².